The Morgan fingerprint density at radius 1 is 1.08 bits per heavy atom. The topological polar surface area (TPSA) is 346 Å². The Morgan fingerprint density at radius 3 is 2.25 bits per heavy atom. The molecule has 26 heteroatoms. The number of aliphatic hydroxyl groups is 2. The standard InChI is InChI=1S/C10H17N5O17P4/c11-10-13-7-4(8(18)14-10)12-2-15(7)9-5(17)6(3(1-16)28-9)29-36(27,31-34(22,23)24)32-35(25,26)30-33(19,20)21/h2-3,5-6,9,16-17H,1H2,(H,25,26)(H2,19,20,21)(H2,22,23,24)(H3,11,13,14,18)/t3-,5?,6?,9-,36?/m1/s1. The quantitative estimate of drug-likeness (QED) is 0.130. The smallest absolute Gasteiger partial charge is 0.394 e. The Hall–Kier alpha value is -1.41. The van der Waals surface area contributed by atoms with E-state index in [4.69, 9.17) is 34.6 Å². The summed E-state index contributed by atoms with van der Waals surface area (Å²) in [7, 11) is -23.9. The minimum atomic E-state index is -6.12. The molecule has 0 saturated carbocycles. The molecule has 0 aliphatic carbocycles. The van der Waals surface area contributed by atoms with Crippen LogP contribution in [0.2, 0.25) is 0 Å². The van der Waals surface area contributed by atoms with Crippen molar-refractivity contribution in [1.29, 1.82) is 0 Å². The maximum absolute atomic E-state index is 12.8. The number of phosphoric acid groups is 4. The van der Waals surface area contributed by atoms with Crippen LogP contribution in [0.1, 0.15) is 6.23 Å². The second-order valence-electron chi connectivity index (χ2n) is 6.73. The highest BCUT2D eigenvalue weighted by Crippen LogP contribution is 2.72. The fourth-order valence-electron chi connectivity index (χ4n) is 2.96. The molecule has 1 saturated heterocycles. The van der Waals surface area contributed by atoms with E-state index in [1.807, 2.05) is 0 Å². The van der Waals surface area contributed by atoms with Crippen LogP contribution in [-0.4, -0.2) is 79.1 Å². The van der Waals surface area contributed by atoms with Crippen molar-refractivity contribution in [2.75, 3.05) is 12.3 Å². The average molecular weight is 603 g/mol. The van der Waals surface area contributed by atoms with Crippen molar-refractivity contribution in [3.63, 3.8) is 0 Å². The summed E-state index contributed by atoms with van der Waals surface area (Å²) in [5.41, 5.74) is 4.16. The largest absolute Gasteiger partial charge is 0.493 e. The van der Waals surface area contributed by atoms with Crippen LogP contribution in [0.4, 0.5) is 5.95 Å². The van der Waals surface area contributed by atoms with Gasteiger partial charge in [-0.05, 0) is 0 Å². The number of hydrogen-bond donors (Lipinski definition) is 9. The second-order valence-corrected chi connectivity index (χ2v) is 12.7. The maximum atomic E-state index is 12.8. The van der Waals surface area contributed by atoms with Gasteiger partial charge in [-0.3, -0.25) is 18.9 Å². The number of nitrogens with zero attached hydrogens (tertiary/aromatic N) is 3. The lowest BCUT2D eigenvalue weighted by atomic mass is 10.1. The molecule has 2 aromatic rings. The Kier molecular flexibility index (Phi) is 8.14. The van der Waals surface area contributed by atoms with Crippen molar-refractivity contribution in [3.8, 4) is 0 Å². The predicted octanol–water partition coefficient (Wildman–Crippen LogP) is -2.22. The SMILES string of the molecule is Nc1nc2c(ncn2[C@@H]2O[C@H](CO)C(OP(=O)(OP(=O)(O)O)OP(=O)(O)OP(=O)(O)O)C2O)c(=O)[nH]1. The van der Waals surface area contributed by atoms with Crippen LogP contribution >= 0.6 is 31.3 Å². The fraction of sp³-hybridized carbons (Fsp3) is 0.500. The van der Waals surface area contributed by atoms with Gasteiger partial charge in [-0.25, -0.2) is 23.2 Å². The van der Waals surface area contributed by atoms with Gasteiger partial charge in [0.1, 0.15) is 18.3 Å². The first kappa shape index (κ1) is 29.2. The third kappa shape index (κ3) is 6.91. The number of H-pyrrole nitrogens is 1. The van der Waals surface area contributed by atoms with Crippen molar-refractivity contribution >= 4 is 48.4 Å². The first-order valence-corrected chi connectivity index (χ1v) is 14.9. The summed E-state index contributed by atoms with van der Waals surface area (Å²) >= 11 is 0. The number of aromatic nitrogens is 4. The fourth-order valence-corrected chi connectivity index (χ4v) is 7.73. The number of fused-ring (bicyclic) bond motifs is 1. The van der Waals surface area contributed by atoms with E-state index in [9.17, 15) is 38.2 Å². The van der Waals surface area contributed by atoms with Crippen LogP contribution in [0.15, 0.2) is 11.1 Å². The molecule has 1 aliphatic heterocycles. The van der Waals surface area contributed by atoms with Crippen LogP contribution in [0.3, 0.4) is 0 Å². The summed E-state index contributed by atoms with van der Waals surface area (Å²) in [6.45, 7) is -1.05. The Morgan fingerprint density at radius 2 is 1.69 bits per heavy atom. The highest BCUT2D eigenvalue weighted by atomic mass is 31.3. The van der Waals surface area contributed by atoms with Gasteiger partial charge in [0.2, 0.25) is 5.95 Å². The van der Waals surface area contributed by atoms with Gasteiger partial charge in [-0.15, -0.1) is 0 Å². The number of imidazole rings is 1. The van der Waals surface area contributed by atoms with Crippen molar-refractivity contribution in [3.05, 3.63) is 16.7 Å². The Bertz CT molecular complexity index is 1380. The predicted molar refractivity (Wildman–Crippen MR) is 109 cm³/mol. The van der Waals surface area contributed by atoms with Gasteiger partial charge in [0.25, 0.3) is 5.56 Å². The van der Waals surface area contributed by atoms with Crippen LogP contribution in [0.25, 0.3) is 11.2 Å². The zero-order valence-corrected chi connectivity index (χ0v) is 20.6. The van der Waals surface area contributed by atoms with Crippen molar-refractivity contribution in [1.82, 2.24) is 19.5 Å². The van der Waals surface area contributed by atoms with Gasteiger partial charge >= 0.3 is 31.3 Å². The molecule has 204 valence electrons. The molecule has 0 spiro atoms. The molecule has 22 nitrogen and oxygen atoms in total. The summed E-state index contributed by atoms with van der Waals surface area (Å²) in [6.07, 6.45) is -6.67. The molecule has 1 fully saturated rings. The summed E-state index contributed by atoms with van der Waals surface area (Å²) in [4.78, 5) is 66.5. The number of aliphatic hydroxyl groups excluding tert-OH is 2. The third-order valence-electron chi connectivity index (χ3n) is 4.08. The molecular weight excluding hydrogens is 586 g/mol. The molecule has 3 heterocycles. The average Bonchev–Trinajstić information content (AvgIpc) is 3.19. The minimum Gasteiger partial charge on any atom is -0.394 e. The number of ether oxygens (including phenoxy) is 1. The molecule has 2 aromatic heterocycles. The normalized spacial score (nSPS) is 26.6. The Labute approximate surface area is 197 Å². The first-order valence-electron chi connectivity index (χ1n) is 8.86. The number of hydrogen-bond acceptors (Lipinski definition) is 15. The lowest BCUT2D eigenvalue weighted by Gasteiger charge is -2.25. The van der Waals surface area contributed by atoms with Crippen LogP contribution in [-0.2, 0) is 40.5 Å². The summed E-state index contributed by atoms with van der Waals surface area (Å²) in [5.74, 6) is -0.370. The van der Waals surface area contributed by atoms with Crippen LogP contribution < -0.4 is 11.3 Å². The van der Waals surface area contributed by atoms with Gasteiger partial charge in [0, 0.05) is 0 Å². The van der Waals surface area contributed by atoms with Gasteiger partial charge in [-0.1, -0.05) is 0 Å². The highest BCUT2D eigenvalue weighted by Gasteiger charge is 2.54. The molecule has 4 unspecified atom stereocenters. The molecule has 6 atom stereocenters. The van der Waals surface area contributed by atoms with Gasteiger partial charge in [0.15, 0.2) is 17.4 Å². The molecule has 1 aliphatic rings. The van der Waals surface area contributed by atoms with E-state index in [2.05, 4.69) is 27.9 Å². The van der Waals surface area contributed by atoms with Crippen LogP contribution in [0.5, 0.6) is 0 Å². The van der Waals surface area contributed by atoms with Crippen molar-refractivity contribution in [2.24, 2.45) is 0 Å². The van der Waals surface area contributed by atoms with Crippen molar-refractivity contribution in [2.45, 2.75) is 24.5 Å². The lowest BCUT2D eigenvalue weighted by Crippen LogP contribution is -2.35. The number of anilines is 1. The molecule has 0 bridgehead atoms. The zero-order valence-electron chi connectivity index (χ0n) is 17.0. The maximum Gasteiger partial charge on any atom is 0.493 e. The number of nitrogens with one attached hydrogen (secondary N) is 1. The van der Waals surface area contributed by atoms with E-state index in [-0.39, 0.29) is 17.1 Å². The zero-order chi connectivity index (χ0) is 27.3. The molecule has 0 aromatic carbocycles. The van der Waals surface area contributed by atoms with E-state index in [1.165, 1.54) is 0 Å². The van der Waals surface area contributed by atoms with Gasteiger partial charge < -0.3 is 45.2 Å². The van der Waals surface area contributed by atoms with E-state index in [1.54, 1.807) is 0 Å². The molecule has 3 rings (SSSR count). The number of rotatable bonds is 10. The van der Waals surface area contributed by atoms with Gasteiger partial charge in [0.05, 0.1) is 12.9 Å². The first-order chi connectivity index (χ1) is 16.3. The van der Waals surface area contributed by atoms with E-state index in [0.717, 1.165) is 10.9 Å². The third-order valence-corrected chi connectivity index (χ3v) is 9.54. The molecule has 36 heavy (non-hydrogen) atoms. The minimum absolute atomic E-state index is 0.251. The van der Waals surface area contributed by atoms with E-state index in [0.29, 0.717) is 0 Å². The molecular formula is C10H17N5O17P4. The van der Waals surface area contributed by atoms with E-state index >= 15 is 0 Å². The summed E-state index contributed by atoms with van der Waals surface area (Å²) in [6, 6.07) is 0. The van der Waals surface area contributed by atoms with Crippen LogP contribution in [0, 0.1) is 0 Å². The number of aromatic amines is 1. The monoisotopic (exact) mass is 603 g/mol. The summed E-state index contributed by atoms with van der Waals surface area (Å²) < 4.78 is 68.8. The lowest BCUT2D eigenvalue weighted by molar-refractivity contribution is -0.0509. The number of nitrogen functional groups attached to an aromatic ring is 1. The Balaban J connectivity index is 1.97. The number of nitrogens with two attached hydrogens (primary N) is 1. The van der Waals surface area contributed by atoms with E-state index < -0.39 is 68.0 Å². The molecule has 10 N–H and O–H groups in total. The molecule has 0 radical (unpaired) electrons. The van der Waals surface area contributed by atoms with Crippen molar-refractivity contribution < 1.29 is 75.1 Å². The second kappa shape index (κ2) is 10.0. The highest BCUT2D eigenvalue weighted by molar-refractivity contribution is 7.69. The summed E-state index contributed by atoms with van der Waals surface area (Å²) in [5, 5.41) is 20.3. The molecule has 0 amide bonds. The van der Waals surface area contributed by atoms with Gasteiger partial charge in [-0.2, -0.15) is 17.9 Å².